The van der Waals surface area contributed by atoms with Gasteiger partial charge < -0.3 is 15.0 Å². The van der Waals surface area contributed by atoms with Crippen molar-refractivity contribution < 1.29 is 14.3 Å². The number of nitrogens with one attached hydrogen (secondary N) is 1. The predicted molar refractivity (Wildman–Crippen MR) is 85.8 cm³/mol. The van der Waals surface area contributed by atoms with Gasteiger partial charge in [0, 0.05) is 37.1 Å². The number of benzene rings is 1. The van der Waals surface area contributed by atoms with Crippen molar-refractivity contribution in [2.75, 3.05) is 25.6 Å². The third kappa shape index (κ3) is 3.54. The number of rotatable bonds is 4. The van der Waals surface area contributed by atoms with Crippen LogP contribution < -0.4 is 5.32 Å². The highest BCUT2D eigenvalue weighted by molar-refractivity contribution is 6.00. The maximum Gasteiger partial charge on any atom is 0.254 e. The lowest BCUT2D eigenvalue weighted by Gasteiger charge is -2.41. The van der Waals surface area contributed by atoms with Crippen LogP contribution >= 0.6 is 0 Å². The zero-order chi connectivity index (χ0) is 16.2. The fourth-order valence-electron chi connectivity index (χ4n) is 2.51. The summed E-state index contributed by atoms with van der Waals surface area (Å²) in [7, 11) is 1.82. The van der Waals surface area contributed by atoms with Crippen LogP contribution in [0.5, 0.6) is 0 Å². The Morgan fingerprint density at radius 2 is 2.05 bits per heavy atom. The monoisotopic (exact) mass is 302 g/mol. The first-order chi connectivity index (χ1) is 10.5. The molecule has 2 amide bonds. The standard InChI is InChI=1S/C17H22N2O3/c1-4-15(20)18-14-7-5-6-13(12-14)16(21)19(3)17(2)8-10-22-11-9-17/h4-7,12H,1,8-11H2,2-3H3,(H,18,20). The molecule has 0 radical (unpaired) electrons. The van der Waals surface area contributed by atoms with Gasteiger partial charge in [-0.05, 0) is 44.0 Å². The highest BCUT2D eigenvalue weighted by atomic mass is 16.5. The van der Waals surface area contributed by atoms with Crippen molar-refractivity contribution in [3.8, 4) is 0 Å². The SMILES string of the molecule is C=CC(=O)Nc1cccc(C(=O)N(C)C2(C)CCOCC2)c1. The third-order valence-electron chi connectivity index (χ3n) is 4.25. The molecule has 1 saturated heterocycles. The van der Waals surface area contributed by atoms with Crippen molar-refractivity contribution in [3.63, 3.8) is 0 Å². The Labute approximate surface area is 130 Å². The second kappa shape index (κ2) is 6.75. The summed E-state index contributed by atoms with van der Waals surface area (Å²) in [5.41, 5.74) is 0.939. The Balaban J connectivity index is 2.16. The van der Waals surface area contributed by atoms with Crippen LogP contribution in [0, 0.1) is 0 Å². The average Bonchev–Trinajstić information content (AvgIpc) is 2.54. The lowest BCUT2D eigenvalue weighted by atomic mass is 9.90. The van der Waals surface area contributed by atoms with Crippen molar-refractivity contribution in [2.45, 2.75) is 25.3 Å². The van der Waals surface area contributed by atoms with Gasteiger partial charge in [0.05, 0.1) is 0 Å². The molecule has 0 unspecified atom stereocenters. The van der Waals surface area contributed by atoms with Crippen LogP contribution in [0.15, 0.2) is 36.9 Å². The molecule has 0 bridgehead atoms. The molecule has 1 N–H and O–H groups in total. The van der Waals surface area contributed by atoms with E-state index < -0.39 is 0 Å². The van der Waals surface area contributed by atoms with E-state index >= 15 is 0 Å². The summed E-state index contributed by atoms with van der Waals surface area (Å²) in [6.07, 6.45) is 2.84. The summed E-state index contributed by atoms with van der Waals surface area (Å²) in [6.45, 7) is 6.83. The number of hydrogen-bond acceptors (Lipinski definition) is 3. The minimum atomic E-state index is -0.297. The van der Waals surface area contributed by atoms with Gasteiger partial charge in [0.1, 0.15) is 0 Å². The summed E-state index contributed by atoms with van der Waals surface area (Å²) < 4.78 is 5.38. The van der Waals surface area contributed by atoms with Crippen LogP contribution in [-0.2, 0) is 9.53 Å². The lowest BCUT2D eigenvalue weighted by Crippen LogP contribution is -2.50. The van der Waals surface area contributed by atoms with E-state index in [4.69, 9.17) is 4.74 Å². The Bertz CT molecular complexity index is 577. The van der Waals surface area contributed by atoms with Crippen molar-refractivity contribution in [3.05, 3.63) is 42.5 Å². The molecule has 0 aliphatic carbocycles. The fourth-order valence-corrected chi connectivity index (χ4v) is 2.51. The van der Waals surface area contributed by atoms with Crippen LogP contribution in [-0.4, -0.2) is 42.5 Å². The fraction of sp³-hybridized carbons (Fsp3) is 0.412. The molecule has 0 saturated carbocycles. The topological polar surface area (TPSA) is 58.6 Å². The molecular formula is C17H22N2O3. The zero-order valence-corrected chi connectivity index (χ0v) is 13.1. The maximum absolute atomic E-state index is 12.7. The lowest BCUT2D eigenvalue weighted by molar-refractivity contribution is -0.111. The number of hydrogen-bond donors (Lipinski definition) is 1. The van der Waals surface area contributed by atoms with Crippen molar-refractivity contribution in [1.82, 2.24) is 4.90 Å². The number of ether oxygens (including phenoxy) is 1. The highest BCUT2D eigenvalue weighted by Gasteiger charge is 2.34. The first-order valence-electron chi connectivity index (χ1n) is 7.36. The van der Waals surface area contributed by atoms with Gasteiger partial charge in [-0.2, -0.15) is 0 Å². The van der Waals surface area contributed by atoms with E-state index in [1.165, 1.54) is 6.08 Å². The third-order valence-corrected chi connectivity index (χ3v) is 4.25. The van der Waals surface area contributed by atoms with Crippen LogP contribution in [0.1, 0.15) is 30.1 Å². The molecule has 22 heavy (non-hydrogen) atoms. The Morgan fingerprint density at radius 1 is 1.36 bits per heavy atom. The molecule has 2 rings (SSSR count). The van der Waals surface area contributed by atoms with Gasteiger partial charge in [-0.3, -0.25) is 9.59 Å². The van der Waals surface area contributed by atoms with Gasteiger partial charge in [-0.25, -0.2) is 0 Å². The average molecular weight is 302 g/mol. The van der Waals surface area contributed by atoms with Crippen molar-refractivity contribution in [1.29, 1.82) is 0 Å². The summed E-state index contributed by atoms with van der Waals surface area (Å²) in [5, 5.41) is 2.67. The molecule has 1 heterocycles. The number of amides is 2. The van der Waals surface area contributed by atoms with Gasteiger partial charge in [-0.15, -0.1) is 0 Å². The summed E-state index contributed by atoms with van der Waals surface area (Å²) in [5.74, 6) is -0.353. The second-order valence-corrected chi connectivity index (χ2v) is 5.75. The zero-order valence-electron chi connectivity index (χ0n) is 13.1. The molecular weight excluding hydrogens is 280 g/mol. The van der Waals surface area contributed by atoms with Crippen LogP contribution in [0.25, 0.3) is 0 Å². The highest BCUT2D eigenvalue weighted by Crippen LogP contribution is 2.28. The van der Waals surface area contributed by atoms with Crippen LogP contribution in [0.4, 0.5) is 5.69 Å². The van der Waals surface area contributed by atoms with E-state index in [0.717, 1.165) is 12.8 Å². The summed E-state index contributed by atoms with van der Waals surface area (Å²) in [4.78, 5) is 25.8. The van der Waals surface area contributed by atoms with Gasteiger partial charge >= 0.3 is 0 Å². The van der Waals surface area contributed by atoms with E-state index in [2.05, 4.69) is 18.8 Å². The molecule has 5 heteroatoms. The molecule has 5 nitrogen and oxygen atoms in total. The van der Waals surface area contributed by atoms with Crippen molar-refractivity contribution >= 4 is 17.5 Å². The van der Waals surface area contributed by atoms with Gasteiger partial charge in [-0.1, -0.05) is 12.6 Å². The molecule has 1 aliphatic heterocycles. The molecule has 118 valence electrons. The molecule has 0 atom stereocenters. The van der Waals surface area contributed by atoms with Crippen molar-refractivity contribution in [2.24, 2.45) is 0 Å². The Morgan fingerprint density at radius 3 is 2.68 bits per heavy atom. The second-order valence-electron chi connectivity index (χ2n) is 5.75. The number of anilines is 1. The number of carbonyl (C=O) groups excluding carboxylic acids is 2. The number of nitrogens with zero attached hydrogens (tertiary/aromatic N) is 1. The summed E-state index contributed by atoms with van der Waals surface area (Å²) in [6, 6.07) is 6.94. The smallest absolute Gasteiger partial charge is 0.254 e. The molecule has 1 aromatic rings. The van der Waals surface area contributed by atoms with E-state index in [1.807, 2.05) is 7.05 Å². The van der Waals surface area contributed by atoms with E-state index in [9.17, 15) is 9.59 Å². The molecule has 1 aromatic carbocycles. The first kappa shape index (κ1) is 16.2. The number of carbonyl (C=O) groups is 2. The minimum Gasteiger partial charge on any atom is -0.381 e. The van der Waals surface area contributed by atoms with Crippen LogP contribution in [0.2, 0.25) is 0 Å². The minimum absolute atomic E-state index is 0.0564. The van der Waals surface area contributed by atoms with Gasteiger partial charge in [0.15, 0.2) is 0 Å². The Hall–Kier alpha value is -2.14. The summed E-state index contributed by atoms with van der Waals surface area (Å²) >= 11 is 0. The Kier molecular flexibility index (Phi) is 4.98. The van der Waals surface area contributed by atoms with Crippen LogP contribution in [0.3, 0.4) is 0 Å². The van der Waals surface area contributed by atoms with E-state index in [-0.39, 0.29) is 17.4 Å². The van der Waals surface area contributed by atoms with Gasteiger partial charge in [0.2, 0.25) is 5.91 Å². The quantitative estimate of drug-likeness (QED) is 0.869. The predicted octanol–water partition coefficient (Wildman–Crippen LogP) is 2.45. The molecule has 0 spiro atoms. The molecule has 0 aromatic heterocycles. The van der Waals surface area contributed by atoms with E-state index in [1.54, 1.807) is 29.2 Å². The molecule has 1 fully saturated rings. The first-order valence-corrected chi connectivity index (χ1v) is 7.36. The van der Waals surface area contributed by atoms with Gasteiger partial charge in [0.25, 0.3) is 5.91 Å². The maximum atomic E-state index is 12.7. The molecule has 1 aliphatic rings. The largest absolute Gasteiger partial charge is 0.381 e. The normalized spacial score (nSPS) is 16.6. The van der Waals surface area contributed by atoms with E-state index in [0.29, 0.717) is 24.5 Å².